The van der Waals surface area contributed by atoms with Gasteiger partial charge in [0, 0.05) is 0 Å². The lowest BCUT2D eigenvalue weighted by Crippen LogP contribution is -2.15. The van der Waals surface area contributed by atoms with Gasteiger partial charge in [-0.25, -0.2) is 8.42 Å². The number of hydrogen-bond acceptors (Lipinski definition) is 2. The van der Waals surface area contributed by atoms with Crippen LogP contribution in [0.4, 0.5) is 5.69 Å². The summed E-state index contributed by atoms with van der Waals surface area (Å²) in [5.41, 5.74) is 5.15. The van der Waals surface area contributed by atoms with Crippen molar-refractivity contribution < 1.29 is 8.42 Å². The normalized spacial score (nSPS) is 14.5. The molecule has 0 spiro atoms. The van der Waals surface area contributed by atoms with Crippen molar-refractivity contribution in [2.75, 3.05) is 4.72 Å². The smallest absolute Gasteiger partial charge is 0.261 e. The Hall–Kier alpha value is -1.81. The second-order valence-corrected chi connectivity index (χ2v) is 7.67. The van der Waals surface area contributed by atoms with Gasteiger partial charge in [-0.1, -0.05) is 18.2 Å². The van der Waals surface area contributed by atoms with Crippen molar-refractivity contribution in [3.8, 4) is 0 Å². The molecule has 116 valence electrons. The van der Waals surface area contributed by atoms with E-state index in [2.05, 4.69) is 4.72 Å². The predicted molar refractivity (Wildman–Crippen MR) is 89.8 cm³/mol. The maximum atomic E-state index is 12.6. The Bertz CT molecular complexity index is 810. The molecular weight excluding hydrogens is 294 g/mol. The first-order valence-electron chi connectivity index (χ1n) is 7.68. The third-order valence-electron chi connectivity index (χ3n) is 4.48. The number of nitrogens with one attached hydrogen (secondary N) is 1. The monoisotopic (exact) mass is 315 g/mol. The van der Waals surface area contributed by atoms with Gasteiger partial charge in [0.05, 0.1) is 10.6 Å². The fourth-order valence-electron chi connectivity index (χ4n) is 2.94. The van der Waals surface area contributed by atoms with E-state index in [1.807, 2.05) is 38.1 Å². The van der Waals surface area contributed by atoms with Gasteiger partial charge in [0.25, 0.3) is 10.0 Å². The van der Waals surface area contributed by atoms with Crippen LogP contribution in [-0.2, 0) is 22.9 Å². The van der Waals surface area contributed by atoms with Crippen LogP contribution in [0.3, 0.4) is 0 Å². The number of rotatable bonds is 3. The van der Waals surface area contributed by atoms with Gasteiger partial charge in [0.1, 0.15) is 0 Å². The van der Waals surface area contributed by atoms with Gasteiger partial charge < -0.3 is 0 Å². The molecule has 0 unspecified atom stereocenters. The van der Waals surface area contributed by atoms with Gasteiger partial charge in [-0.2, -0.15) is 0 Å². The minimum atomic E-state index is -3.54. The van der Waals surface area contributed by atoms with Gasteiger partial charge in [0.15, 0.2) is 0 Å². The highest BCUT2D eigenvalue weighted by atomic mass is 32.2. The Morgan fingerprint density at radius 2 is 1.68 bits per heavy atom. The van der Waals surface area contributed by atoms with Crippen molar-refractivity contribution >= 4 is 15.7 Å². The van der Waals surface area contributed by atoms with Crippen molar-refractivity contribution in [2.24, 2.45) is 0 Å². The molecule has 2 aromatic carbocycles. The first-order chi connectivity index (χ1) is 10.5. The Kier molecular flexibility index (Phi) is 3.96. The molecule has 1 aliphatic carbocycles. The zero-order valence-electron chi connectivity index (χ0n) is 13.0. The fraction of sp³-hybridized carbons (Fsp3) is 0.333. The van der Waals surface area contributed by atoms with Crippen LogP contribution in [0, 0.1) is 13.8 Å². The number of hydrogen-bond donors (Lipinski definition) is 1. The molecule has 2 aromatic rings. The summed E-state index contributed by atoms with van der Waals surface area (Å²) in [4.78, 5) is 0.356. The van der Waals surface area contributed by atoms with Crippen molar-refractivity contribution in [2.45, 2.75) is 44.4 Å². The maximum Gasteiger partial charge on any atom is 0.261 e. The summed E-state index contributed by atoms with van der Waals surface area (Å²) in [5.74, 6) is 0. The molecule has 0 aliphatic heterocycles. The maximum absolute atomic E-state index is 12.6. The zero-order chi connectivity index (χ0) is 15.7. The largest absolute Gasteiger partial charge is 0.279 e. The molecule has 3 nitrogen and oxygen atoms in total. The molecule has 0 radical (unpaired) electrons. The lowest BCUT2D eigenvalue weighted by Gasteiger charge is -2.17. The summed E-state index contributed by atoms with van der Waals surface area (Å²) in [6.45, 7) is 3.91. The summed E-state index contributed by atoms with van der Waals surface area (Å²) in [7, 11) is -3.54. The standard InChI is InChI=1S/C18H21NO2S/c1-13-6-5-9-18(14(13)2)19-22(20,21)17-11-10-15-7-3-4-8-16(15)12-17/h5-6,9-12,19H,3-4,7-8H2,1-2H3. The first-order valence-corrected chi connectivity index (χ1v) is 9.16. The number of anilines is 1. The number of fused-ring (bicyclic) bond motifs is 1. The van der Waals surface area contributed by atoms with Crippen LogP contribution in [0.15, 0.2) is 41.3 Å². The number of aryl methyl sites for hydroxylation is 3. The molecule has 0 bridgehead atoms. The van der Waals surface area contributed by atoms with Gasteiger partial charge in [-0.15, -0.1) is 0 Å². The highest BCUT2D eigenvalue weighted by molar-refractivity contribution is 7.92. The van der Waals surface area contributed by atoms with Gasteiger partial charge in [-0.05, 0) is 80.0 Å². The third-order valence-corrected chi connectivity index (χ3v) is 5.84. The van der Waals surface area contributed by atoms with E-state index in [-0.39, 0.29) is 0 Å². The highest BCUT2D eigenvalue weighted by Gasteiger charge is 2.18. The van der Waals surface area contributed by atoms with Crippen LogP contribution < -0.4 is 4.72 Å². The van der Waals surface area contributed by atoms with Crippen LogP contribution in [0.1, 0.15) is 35.1 Å². The summed E-state index contributed by atoms with van der Waals surface area (Å²) in [6.07, 6.45) is 4.36. The molecule has 0 saturated heterocycles. The van der Waals surface area contributed by atoms with E-state index < -0.39 is 10.0 Å². The molecule has 0 fully saturated rings. The molecule has 1 N–H and O–H groups in total. The Labute approximate surface area is 132 Å². The first kappa shape index (κ1) is 15.1. The summed E-state index contributed by atoms with van der Waals surface area (Å²) in [5, 5.41) is 0. The van der Waals surface area contributed by atoms with E-state index in [0.29, 0.717) is 10.6 Å². The lowest BCUT2D eigenvalue weighted by molar-refractivity contribution is 0.600. The van der Waals surface area contributed by atoms with Crippen molar-refractivity contribution in [1.29, 1.82) is 0 Å². The van der Waals surface area contributed by atoms with Crippen LogP contribution in [-0.4, -0.2) is 8.42 Å². The second-order valence-electron chi connectivity index (χ2n) is 5.99. The Morgan fingerprint density at radius 1 is 0.955 bits per heavy atom. The SMILES string of the molecule is Cc1cccc(NS(=O)(=O)c2ccc3c(c2)CCCC3)c1C. The van der Waals surface area contributed by atoms with E-state index in [1.165, 1.54) is 17.5 Å². The third kappa shape index (κ3) is 2.88. The summed E-state index contributed by atoms with van der Waals surface area (Å²) in [6, 6.07) is 11.2. The molecule has 0 saturated carbocycles. The van der Waals surface area contributed by atoms with Crippen LogP contribution >= 0.6 is 0 Å². The average molecular weight is 315 g/mol. The molecule has 3 rings (SSSR count). The average Bonchev–Trinajstić information content (AvgIpc) is 2.51. The molecule has 4 heteroatoms. The van der Waals surface area contributed by atoms with E-state index in [9.17, 15) is 8.42 Å². The fourth-order valence-corrected chi connectivity index (χ4v) is 4.12. The predicted octanol–water partition coefficient (Wildman–Crippen LogP) is 3.98. The number of benzene rings is 2. The van der Waals surface area contributed by atoms with E-state index in [0.717, 1.165) is 30.4 Å². The zero-order valence-corrected chi connectivity index (χ0v) is 13.8. The van der Waals surface area contributed by atoms with Gasteiger partial charge >= 0.3 is 0 Å². The summed E-state index contributed by atoms with van der Waals surface area (Å²) < 4.78 is 28.0. The Balaban J connectivity index is 1.94. The van der Waals surface area contributed by atoms with Gasteiger partial charge in [0.2, 0.25) is 0 Å². The lowest BCUT2D eigenvalue weighted by atomic mass is 9.92. The van der Waals surface area contributed by atoms with E-state index >= 15 is 0 Å². The van der Waals surface area contributed by atoms with Crippen LogP contribution in [0.5, 0.6) is 0 Å². The van der Waals surface area contributed by atoms with Crippen molar-refractivity contribution in [3.63, 3.8) is 0 Å². The minimum Gasteiger partial charge on any atom is -0.279 e. The second kappa shape index (κ2) is 5.76. The quantitative estimate of drug-likeness (QED) is 0.931. The molecular formula is C18H21NO2S. The van der Waals surface area contributed by atoms with Crippen molar-refractivity contribution in [1.82, 2.24) is 0 Å². The molecule has 0 amide bonds. The highest BCUT2D eigenvalue weighted by Crippen LogP contribution is 2.26. The number of sulfonamides is 1. The Morgan fingerprint density at radius 3 is 2.45 bits per heavy atom. The molecule has 22 heavy (non-hydrogen) atoms. The van der Waals surface area contributed by atoms with Crippen LogP contribution in [0.2, 0.25) is 0 Å². The topological polar surface area (TPSA) is 46.2 Å². The molecule has 0 atom stereocenters. The molecule has 0 aromatic heterocycles. The van der Waals surface area contributed by atoms with Crippen LogP contribution in [0.25, 0.3) is 0 Å². The van der Waals surface area contributed by atoms with E-state index in [4.69, 9.17) is 0 Å². The molecule has 0 heterocycles. The minimum absolute atomic E-state index is 0.356. The van der Waals surface area contributed by atoms with E-state index in [1.54, 1.807) is 12.1 Å². The summed E-state index contributed by atoms with van der Waals surface area (Å²) >= 11 is 0. The van der Waals surface area contributed by atoms with Crippen molar-refractivity contribution in [3.05, 3.63) is 58.7 Å². The van der Waals surface area contributed by atoms with Gasteiger partial charge in [-0.3, -0.25) is 4.72 Å². The molecule has 1 aliphatic rings.